The number of ketones is 1. The minimum atomic E-state index is -0.481. The topological polar surface area (TPSA) is 66.8 Å². The summed E-state index contributed by atoms with van der Waals surface area (Å²) < 4.78 is 17.8. The van der Waals surface area contributed by atoms with Crippen molar-refractivity contribution in [2.24, 2.45) is 0 Å². The van der Waals surface area contributed by atoms with Gasteiger partial charge < -0.3 is 18.8 Å². The Hall–Kier alpha value is -3.54. The lowest BCUT2D eigenvalue weighted by atomic mass is 10.1. The number of allylic oxidation sites excluding steroid dienone is 1. The van der Waals surface area contributed by atoms with E-state index in [0.29, 0.717) is 17.1 Å². The third kappa shape index (κ3) is 3.13. The molecule has 0 unspecified atom stereocenters. The van der Waals surface area contributed by atoms with Gasteiger partial charge in [0.15, 0.2) is 12.4 Å². The number of Topliss-reactive ketones (excluding diaryl/α,β-unsaturated/α-hetero) is 1. The molecular weight excluding hydrogens is 358 g/mol. The molecule has 2 heterocycles. The molecule has 0 saturated heterocycles. The summed E-state index contributed by atoms with van der Waals surface area (Å²) in [5.41, 5.74) is 2.50. The predicted molar refractivity (Wildman–Crippen MR) is 105 cm³/mol. The zero-order valence-corrected chi connectivity index (χ0v) is 15.6. The Labute approximate surface area is 161 Å². The van der Waals surface area contributed by atoms with Crippen molar-refractivity contribution in [3.05, 3.63) is 65.5 Å². The SMILES string of the molecule is CCn1cc(/C=C2/Oc3cc(OCC(=O)OC)ccc3C2=O)c2ccccc21. The third-order valence-corrected chi connectivity index (χ3v) is 4.67. The smallest absolute Gasteiger partial charge is 0.343 e. The van der Waals surface area contributed by atoms with Gasteiger partial charge in [-0.15, -0.1) is 0 Å². The fourth-order valence-corrected chi connectivity index (χ4v) is 3.25. The number of para-hydroxylation sites is 1. The fourth-order valence-electron chi connectivity index (χ4n) is 3.25. The summed E-state index contributed by atoms with van der Waals surface area (Å²) in [4.78, 5) is 23.9. The molecular formula is C22H19NO5. The normalized spacial score (nSPS) is 14.2. The first-order chi connectivity index (χ1) is 13.6. The first-order valence-corrected chi connectivity index (χ1v) is 8.96. The first-order valence-electron chi connectivity index (χ1n) is 8.96. The zero-order valence-electron chi connectivity index (χ0n) is 15.6. The summed E-state index contributed by atoms with van der Waals surface area (Å²) in [5.74, 6) is 0.450. The molecule has 1 aromatic heterocycles. The summed E-state index contributed by atoms with van der Waals surface area (Å²) in [6.45, 7) is 2.70. The zero-order chi connectivity index (χ0) is 19.7. The minimum Gasteiger partial charge on any atom is -0.482 e. The van der Waals surface area contributed by atoms with Gasteiger partial charge in [0.05, 0.1) is 12.7 Å². The Morgan fingerprint density at radius 1 is 1.21 bits per heavy atom. The average molecular weight is 377 g/mol. The van der Waals surface area contributed by atoms with Gasteiger partial charge in [-0.25, -0.2) is 4.79 Å². The van der Waals surface area contributed by atoms with Crippen LogP contribution < -0.4 is 9.47 Å². The van der Waals surface area contributed by atoms with Crippen LogP contribution in [0, 0.1) is 0 Å². The van der Waals surface area contributed by atoms with E-state index in [1.54, 1.807) is 24.3 Å². The molecule has 0 aliphatic carbocycles. The molecule has 142 valence electrons. The Kier molecular flexibility index (Phi) is 4.61. The molecule has 3 aromatic rings. The van der Waals surface area contributed by atoms with Crippen molar-refractivity contribution < 1.29 is 23.8 Å². The number of hydrogen-bond acceptors (Lipinski definition) is 5. The molecule has 0 bridgehead atoms. The van der Waals surface area contributed by atoms with Crippen molar-refractivity contribution in [1.82, 2.24) is 4.57 Å². The maximum absolute atomic E-state index is 12.7. The second kappa shape index (κ2) is 7.23. The fraction of sp³-hybridized carbons (Fsp3) is 0.182. The molecule has 0 saturated carbocycles. The lowest BCUT2D eigenvalue weighted by Crippen LogP contribution is -2.12. The molecule has 0 spiro atoms. The van der Waals surface area contributed by atoms with Crippen LogP contribution >= 0.6 is 0 Å². The highest BCUT2D eigenvalue weighted by molar-refractivity contribution is 6.15. The summed E-state index contributed by atoms with van der Waals surface area (Å²) in [5, 5.41) is 1.06. The second-order valence-electron chi connectivity index (χ2n) is 6.35. The molecule has 0 amide bonds. The van der Waals surface area contributed by atoms with Gasteiger partial charge in [-0.1, -0.05) is 18.2 Å². The van der Waals surface area contributed by atoms with Crippen molar-refractivity contribution >= 4 is 28.7 Å². The molecule has 1 aliphatic heterocycles. The van der Waals surface area contributed by atoms with Gasteiger partial charge in [-0.3, -0.25) is 4.79 Å². The van der Waals surface area contributed by atoms with Crippen molar-refractivity contribution in [1.29, 1.82) is 0 Å². The van der Waals surface area contributed by atoms with Gasteiger partial charge in [-0.2, -0.15) is 0 Å². The van der Waals surface area contributed by atoms with Crippen LogP contribution in [0.25, 0.3) is 17.0 Å². The van der Waals surface area contributed by atoms with Crippen LogP contribution in [0.15, 0.2) is 54.4 Å². The Bertz CT molecular complexity index is 1110. The minimum absolute atomic E-state index is 0.178. The average Bonchev–Trinajstić information content (AvgIpc) is 3.24. The number of rotatable bonds is 5. The van der Waals surface area contributed by atoms with Crippen LogP contribution in [0.2, 0.25) is 0 Å². The van der Waals surface area contributed by atoms with Crippen molar-refractivity contribution in [2.45, 2.75) is 13.5 Å². The molecule has 0 atom stereocenters. The summed E-state index contributed by atoms with van der Waals surface area (Å²) in [7, 11) is 1.29. The summed E-state index contributed by atoms with van der Waals surface area (Å²) in [6, 6.07) is 12.9. The highest BCUT2D eigenvalue weighted by Crippen LogP contribution is 2.35. The van der Waals surface area contributed by atoms with E-state index in [9.17, 15) is 9.59 Å². The molecule has 28 heavy (non-hydrogen) atoms. The number of methoxy groups -OCH3 is 1. The van der Waals surface area contributed by atoms with Crippen LogP contribution in [0.1, 0.15) is 22.8 Å². The number of esters is 1. The largest absolute Gasteiger partial charge is 0.482 e. The van der Waals surface area contributed by atoms with Crippen LogP contribution in [0.4, 0.5) is 0 Å². The van der Waals surface area contributed by atoms with Crippen LogP contribution in [0.3, 0.4) is 0 Å². The summed E-state index contributed by atoms with van der Waals surface area (Å²) in [6.07, 6.45) is 3.79. The monoisotopic (exact) mass is 377 g/mol. The second-order valence-corrected chi connectivity index (χ2v) is 6.35. The predicted octanol–water partition coefficient (Wildman–Crippen LogP) is 3.83. The molecule has 6 heteroatoms. The number of aromatic nitrogens is 1. The van der Waals surface area contributed by atoms with E-state index in [0.717, 1.165) is 23.0 Å². The number of fused-ring (bicyclic) bond motifs is 2. The van der Waals surface area contributed by atoms with E-state index in [2.05, 4.69) is 22.3 Å². The maximum Gasteiger partial charge on any atom is 0.343 e. The summed E-state index contributed by atoms with van der Waals surface area (Å²) >= 11 is 0. The number of aryl methyl sites for hydroxylation is 1. The Morgan fingerprint density at radius 2 is 2.04 bits per heavy atom. The van der Waals surface area contributed by atoms with Crippen molar-refractivity contribution in [3.63, 3.8) is 0 Å². The molecule has 0 fully saturated rings. The molecule has 0 N–H and O–H groups in total. The number of carbonyl (C=O) groups excluding carboxylic acids is 2. The van der Waals surface area contributed by atoms with Crippen LogP contribution in [-0.4, -0.2) is 30.0 Å². The lowest BCUT2D eigenvalue weighted by Gasteiger charge is -2.05. The number of hydrogen-bond donors (Lipinski definition) is 0. The van der Waals surface area contributed by atoms with Crippen LogP contribution in [-0.2, 0) is 16.1 Å². The Morgan fingerprint density at radius 3 is 2.82 bits per heavy atom. The molecule has 6 nitrogen and oxygen atoms in total. The number of carbonyl (C=O) groups is 2. The third-order valence-electron chi connectivity index (χ3n) is 4.67. The van der Waals surface area contributed by atoms with Crippen LogP contribution in [0.5, 0.6) is 11.5 Å². The van der Waals surface area contributed by atoms with Gasteiger partial charge in [-0.05, 0) is 31.2 Å². The number of nitrogens with zero attached hydrogens (tertiary/aromatic N) is 1. The van der Waals surface area contributed by atoms with E-state index in [-0.39, 0.29) is 18.1 Å². The molecule has 0 radical (unpaired) electrons. The maximum atomic E-state index is 12.7. The van der Waals surface area contributed by atoms with Gasteiger partial charge in [0, 0.05) is 35.3 Å². The van der Waals surface area contributed by atoms with E-state index >= 15 is 0 Å². The quantitative estimate of drug-likeness (QED) is 0.499. The van der Waals surface area contributed by atoms with Gasteiger partial charge >= 0.3 is 5.97 Å². The Balaban J connectivity index is 1.63. The number of ether oxygens (including phenoxy) is 3. The first kappa shape index (κ1) is 17.9. The van der Waals surface area contributed by atoms with Gasteiger partial charge in [0.2, 0.25) is 5.78 Å². The van der Waals surface area contributed by atoms with Gasteiger partial charge in [0.1, 0.15) is 11.5 Å². The van der Waals surface area contributed by atoms with Crippen molar-refractivity contribution in [2.75, 3.05) is 13.7 Å². The van der Waals surface area contributed by atoms with Crippen molar-refractivity contribution in [3.8, 4) is 11.5 Å². The van der Waals surface area contributed by atoms with E-state index < -0.39 is 5.97 Å². The highest BCUT2D eigenvalue weighted by Gasteiger charge is 2.28. The highest BCUT2D eigenvalue weighted by atomic mass is 16.6. The van der Waals surface area contributed by atoms with E-state index in [4.69, 9.17) is 9.47 Å². The standard InChI is InChI=1S/C22H19NO5/c1-3-23-12-14(16-6-4-5-7-18(16)23)10-20-22(25)17-9-8-15(11-19(17)28-20)27-13-21(24)26-2/h4-12H,3,13H2,1-2H3/b20-10+. The van der Waals surface area contributed by atoms with E-state index in [1.807, 2.05) is 24.4 Å². The number of benzene rings is 2. The van der Waals surface area contributed by atoms with E-state index in [1.165, 1.54) is 7.11 Å². The lowest BCUT2D eigenvalue weighted by molar-refractivity contribution is -0.142. The van der Waals surface area contributed by atoms with Gasteiger partial charge in [0.25, 0.3) is 0 Å². The molecule has 4 rings (SSSR count). The molecule has 1 aliphatic rings. The molecule has 2 aromatic carbocycles.